The second kappa shape index (κ2) is 15.1. The molecule has 0 bridgehead atoms. The maximum atomic E-state index is 14.5. The van der Waals surface area contributed by atoms with Gasteiger partial charge in [0, 0.05) is 39.6 Å². The minimum atomic E-state index is -4.24. The molecular weight excluding hydrogens is 653 g/mol. The first kappa shape index (κ1) is 34.3. The molecule has 1 unspecified atom stereocenters. The molecule has 236 valence electrons. The van der Waals surface area contributed by atoms with E-state index in [4.69, 9.17) is 34.8 Å². The Morgan fingerprint density at radius 3 is 1.98 bits per heavy atom. The van der Waals surface area contributed by atoms with Crippen LogP contribution in [0.1, 0.15) is 30.5 Å². The smallest absolute Gasteiger partial charge is 0.264 e. The third-order valence-electron chi connectivity index (χ3n) is 7.09. The third-order valence-corrected chi connectivity index (χ3v) is 9.84. The molecule has 0 fully saturated rings. The fraction of sp³-hybridized carbons (Fsp3) is 0.235. The number of halogens is 3. The molecule has 0 radical (unpaired) electrons. The van der Waals surface area contributed by atoms with Crippen molar-refractivity contribution in [2.24, 2.45) is 0 Å². The number of anilines is 1. The van der Waals surface area contributed by atoms with Gasteiger partial charge in [0.1, 0.15) is 12.6 Å². The van der Waals surface area contributed by atoms with E-state index < -0.39 is 34.4 Å². The maximum Gasteiger partial charge on any atom is 0.264 e. The van der Waals surface area contributed by atoms with E-state index in [1.165, 1.54) is 29.2 Å². The number of carbonyl (C=O) groups excluding carboxylic acids is 2. The van der Waals surface area contributed by atoms with Crippen LogP contribution in [0.3, 0.4) is 0 Å². The van der Waals surface area contributed by atoms with E-state index >= 15 is 0 Å². The fourth-order valence-electron chi connectivity index (χ4n) is 4.76. The van der Waals surface area contributed by atoms with E-state index in [1.807, 2.05) is 51.1 Å². The molecule has 2 amide bonds. The van der Waals surface area contributed by atoms with Crippen LogP contribution in [0.25, 0.3) is 0 Å². The number of nitrogens with one attached hydrogen (secondary N) is 1. The van der Waals surface area contributed by atoms with Crippen LogP contribution in [0.4, 0.5) is 5.69 Å². The Bertz CT molecular complexity index is 1710. The van der Waals surface area contributed by atoms with Crippen LogP contribution in [0.15, 0.2) is 102 Å². The van der Waals surface area contributed by atoms with Crippen molar-refractivity contribution in [1.82, 2.24) is 10.2 Å². The van der Waals surface area contributed by atoms with Crippen LogP contribution >= 0.6 is 34.8 Å². The van der Waals surface area contributed by atoms with Gasteiger partial charge in [0.05, 0.1) is 10.6 Å². The average molecular weight is 687 g/mol. The van der Waals surface area contributed by atoms with Gasteiger partial charge in [0.2, 0.25) is 11.8 Å². The highest BCUT2D eigenvalue weighted by Crippen LogP contribution is 2.29. The molecule has 0 aliphatic carbocycles. The quantitative estimate of drug-likeness (QED) is 0.169. The number of amides is 2. The van der Waals surface area contributed by atoms with E-state index in [0.29, 0.717) is 20.6 Å². The fourth-order valence-corrected chi connectivity index (χ4v) is 6.82. The van der Waals surface area contributed by atoms with Crippen molar-refractivity contribution in [1.29, 1.82) is 0 Å². The summed E-state index contributed by atoms with van der Waals surface area (Å²) in [4.78, 5) is 29.7. The summed E-state index contributed by atoms with van der Waals surface area (Å²) < 4.78 is 29.2. The van der Waals surface area contributed by atoms with E-state index in [2.05, 4.69) is 5.32 Å². The van der Waals surface area contributed by atoms with E-state index in [0.717, 1.165) is 15.4 Å². The van der Waals surface area contributed by atoms with E-state index in [9.17, 15) is 18.0 Å². The second-order valence-corrected chi connectivity index (χ2v) is 14.0. The molecule has 11 heteroatoms. The molecule has 1 atom stereocenters. The minimum absolute atomic E-state index is 0.00920. The standard InChI is InChI=1S/C34H34Cl3N3O4S/c1-23(2)38-34(42)32(20-25-8-5-4-6-9-25)39(21-29-30(36)10-7-11-31(29)37)33(41)22-40(27-16-14-26(35)15-17-27)45(43,44)28-18-12-24(3)13-19-28/h4-19,23,32H,20-22H2,1-3H3,(H,38,42). The lowest BCUT2D eigenvalue weighted by Gasteiger charge is -2.34. The summed E-state index contributed by atoms with van der Waals surface area (Å²) in [5, 5.41) is 3.94. The normalized spacial score (nSPS) is 12.1. The van der Waals surface area contributed by atoms with Crippen molar-refractivity contribution in [3.05, 3.63) is 129 Å². The Morgan fingerprint density at radius 1 is 0.800 bits per heavy atom. The zero-order chi connectivity index (χ0) is 32.7. The van der Waals surface area contributed by atoms with Crippen molar-refractivity contribution in [3.8, 4) is 0 Å². The largest absolute Gasteiger partial charge is 0.352 e. The molecule has 0 aliphatic heterocycles. The van der Waals surface area contributed by atoms with Crippen molar-refractivity contribution >= 4 is 62.3 Å². The topological polar surface area (TPSA) is 86.8 Å². The van der Waals surface area contributed by atoms with Crippen LogP contribution in [-0.4, -0.2) is 43.8 Å². The lowest BCUT2D eigenvalue weighted by molar-refractivity contribution is -0.140. The van der Waals surface area contributed by atoms with Crippen molar-refractivity contribution < 1.29 is 18.0 Å². The van der Waals surface area contributed by atoms with Gasteiger partial charge in [-0.2, -0.15) is 0 Å². The predicted octanol–water partition coefficient (Wildman–Crippen LogP) is 7.32. The first-order valence-corrected chi connectivity index (χ1v) is 16.9. The minimum Gasteiger partial charge on any atom is -0.352 e. The molecule has 0 saturated carbocycles. The Kier molecular flexibility index (Phi) is 11.6. The monoisotopic (exact) mass is 685 g/mol. The molecule has 7 nitrogen and oxygen atoms in total. The van der Waals surface area contributed by atoms with Gasteiger partial charge in [0.15, 0.2) is 0 Å². The van der Waals surface area contributed by atoms with E-state index in [1.54, 1.807) is 42.5 Å². The Hall–Kier alpha value is -3.56. The lowest BCUT2D eigenvalue weighted by atomic mass is 10.0. The van der Waals surface area contributed by atoms with Crippen LogP contribution in [0, 0.1) is 6.92 Å². The Morgan fingerprint density at radius 2 is 1.40 bits per heavy atom. The van der Waals surface area contributed by atoms with Crippen molar-refractivity contribution in [2.45, 2.75) is 50.7 Å². The van der Waals surface area contributed by atoms with Gasteiger partial charge in [0.25, 0.3) is 10.0 Å². The second-order valence-electron chi connectivity index (χ2n) is 10.9. The third kappa shape index (κ3) is 8.79. The summed E-state index contributed by atoms with van der Waals surface area (Å²) >= 11 is 19.2. The number of sulfonamides is 1. The summed E-state index contributed by atoms with van der Waals surface area (Å²) in [5.74, 6) is -1.03. The predicted molar refractivity (Wildman–Crippen MR) is 181 cm³/mol. The number of hydrogen-bond donors (Lipinski definition) is 1. The number of carbonyl (C=O) groups is 2. The first-order chi connectivity index (χ1) is 21.4. The molecule has 4 aromatic carbocycles. The molecule has 4 rings (SSSR count). The molecule has 4 aromatic rings. The Balaban J connectivity index is 1.83. The molecule has 0 aliphatic rings. The van der Waals surface area contributed by atoms with Crippen LogP contribution in [0.2, 0.25) is 15.1 Å². The van der Waals surface area contributed by atoms with Crippen molar-refractivity contribution in [3.63, 3.8) is 0 Å². The van der Waals surface area contributed by atoms with Gasteiger partial charge in [-0.3, -0.25) is 13.9 Å². The summed E-state index contributed by atoms with van der Waals surface area (Å²) in [6.07, 6.45) is 0.166. The van der Waals surface area contributed by atoms with Gasteiger partial charge in [-0.25, -0.2) is 8.42 Å². The summed E-state index contributed by atoms with van der Waals surface area (Å²) in [6.45, 7) is 4.75. The molecule has 0 heterocycles. The van der Waals surface area contributed by atoms with Crippen LogP contribution in [0.5, 0.6) is 0 Å². The highest BCUT2D eigenvalue weighted by molar-refractivity contribution is 7.92. The van der Waals surface area contributed by atoms with Gasteiger partial charge < -0.3 is 10.2 Å². The van der Waals surface area contributed by atoms with Crippen LogP contribution < -0.4 is 9.62 Å². The van der Waals surface area contributed by atoms with E-state index in [-0.39, 0.29) is 29.6 Å². The molecular formula is C34H34Cl3N3O4S. The number of aryl methyl sites for hydroxylation is 1. The number of rotatable bonds is 12. The maximum absolute atomic E-state index is 14.5. The van der Waals surface area contributed by atoms with Crippen molar-refractivity contribution in [2.75, 3.05) is 10.8 Å². The molecule has 1 N–H and O–H groups in total. The average Bonchev–Trinajstić information content (AvgIpc) is 2.99. The molecule has 0 spiro atoms. The molecule has 45 heavy (non-hydrogen) atoms. The zero-order valence-electron chi connectivity index (χ0n) is 25.1. The zero-order valence-corrected chi connectivity index (χ0v) is 28.2. The number of benzene rings is 4. The van der Waals surface area contributed by atoms with Gasteiger partial charge >= 0.3 is 0 Å². The van der Waals surface area contributed by atoms with Gasteiger partial charge in [-0.1, -0.05) is 88.9 Å². The van der Waals surface area contributed by atoms with Gasteiger partial charge in [-0.15, -0.1) is 0 Å². The van der Waals surface area contributed by atoms with Gasteiger partial charge in [-0.05, 0) is 74.9 Å². The highest BCUT2D eigenvalue weighted by Gasteiger charge is 2.35. The Labute approximate surface area is 279 Å². The lowest BCUT2D eigenvalue weighted by Crippen LogP contribution is -2.54. The summed E-state index contributed by atoms with van der Waals surface area (Å²) in [5.41, 5.74) is 2.36. The summed E-state index contributed by atoms with van der Waals surface area (Å²) in [7, 11) is -4.24. The number of nitrogens with zero attached hydrogens (tertiary/aromatic N) is 2. The number of hydrogen-bond acceptors (Lipinski definition) is 4. The first-order valence-electron chi connectivity index (χ1n) is 14.3. The summed E-state index contributed by atoms with van der Waals surface area (Å²) in [6, 6.07) is 25.5. The SMILES string of the molecule is Cc1ccc(S(=O)(=O)N(CC(=O)N(Cc2c(Cl)cccc2Cl)C(Cc2ccccc2)C(=O)NC(C)C)c2ccc(Cl)cc2)cc1. The van der Waals surface area contributed by atoms with Crippen LogP contribution in [-0.2, 0) is 32.6 Å². The molecule has 0 saturated heterocycles. The highest BCUT2D eigenvalue weighted by atomic mass is 35.5. The molecule has 0 aromatic heterocycles.